The van der Waals surface area contributed by atoms with E-state index in [0.717, 1.165) is 16.6 Å². The van der Waals surface area contributed by atoms with Crippen LogP contribution in [0.2, 0.25) is 5.02 Å². The van der Waals surface area contributed by atoms with Gasteiger partial charge in [-0.1, -0.05) is 75.7 Å². The lowest BCUT2D eigenvalue weighted by Gasteiger charge is -2.25. The number of rotatable bonds is 7. The summed E-state index contributed by atoms with van der Waals surface area (Å²) < 4.78 is 0. The summed E-state index contributed by atoms with van der Waals surface area (Å²) in [5, 5.41) is 20.7. The zero-order valence-electron chi connectivity index (χ0n) is 18.7. The Kier molecular flexibility index (Phi) is 9.71. The lowest BCUT2D eigenvalue weighted by atomic mass is 9.99. The first-order valence-electron chi connectivity index (χ1n) is 10.6. The molecule has 1 aliphatic rings. The number of carboxylic acid groups (broad SMARTS) is 1. The molecule has 0 unspecified atom stereocenters. The molecule has 0 bridgehead atoms. The Morgan fingerprint density at radius 1 is 1.23 bits per heavy atom. The van der Waals surface area contributed by atoms with Gasteiger partial charge in [-0.05, 0) is 53.5 Å². The summed E-state index contributed by atoms with van der Waals surface area (Å²) in [6.45, 7) is 3.54. The van der Waals surface area contributed by atoms with E-state index in [2.05, 4.69) is 79.9 Å². The highest BCUT2D eigenvalue weighted by Gasteiger charge is 2.27. The molecule has 35 heavy (non-hydrogen) atoms. The van der Waals surface area contributed by atoms with Crippen LogP contribution in [0.3, 0.4) is 0 Å². The van der Waals surface area contributed by atoms with Gasteiger partial charge >= 0.3 is 5.97 Å². The number of aromatic carboxylic acids is 1. The van der Waals surface area contributed by atoms with E-state index in [9.17, 15) is 4.79 Å². The van der Waals surface area contributed by atoms with Gasteiger partial charge in [-0.2, -0.15) is 5.10 Å². The van der Waals surface area contributed by atoms with Crippen molar-refractivity contribution < 1.29 is 14.7 Å². The SMILES string of the molecule is C=N/N=C(/SCc1ccc(C(=O)O)cc1Cl)N(CBr)c1ccc(C2CC2)c2ccccc12.NC=O. The monoisotopic (exact) mass is 574 g/mol. The van der Waals surface area contributed by atoms with Crippen LogP contribution in [0.25, 0.3) is 10.8 Å². The van der Waals surface area contributed by atoms with Gasteiger partial charge in [-0.25, -0.2) is 4.79 Å². The molecular formula is C25H24BrClN4O3S. The van der Waals surface area contributed by atoms with Crippen molar-refractivity contribution in [1.82, 2.24) is 0 Å². The topological polar surface area (TPSA) is 108 Å². The van der Waals surface area contributed by atoms with Gasteiger partial charge in [0, 0.05) is 22.9 Å². The van der Waals surface area contributed by atoms with Crippen molar-refractivity contribution in [3.8, 4) is 0 Å². The third kappa shape index (κ3) is 6.62. The molecule has 0 aliphatic heterocycles. The maximum Gasteiger partial charge on any atom is 0.335 e. The molecule has 4 rings (SSSR count). The summed E-state index contributed by atoms with van der Waals surface area (Å²) in [5.74, 6) is 0.158. The van der Waals surface area contributed by atoms with Crippen LogP contribution in [0, 0.1) is 0 Å². The number of carbonyl (C=O) groups excluding carboxylic acids is 1. The zero-order valence-corrected chi connectivity index (χ0v) is 21.9. The fourth-order valence-corrected chi connectivity index (χ4v) is 5.64. The Bertz CT molecular complexity index is 1270. The molecule has 0 radical (unpaired) electrons. The number of fused-ring (bicyclic) bond motifs is 1. The highest BCUT2D eigenvalue weighted by Crippen LogP contribution is 2.45. The Balaban J connectivity index is 0.00000108. The minimum atomic E-state index is -1.00. The number of anilines is 1. The number of benzene rings is 3. The Labute approximate surface area is 221 Å². The van der Waals surface area contributed by atoms with E-state index in [1.165, 1.54) is 41.6 Å². The van der Waals surface area contributed by atoms with E-state index >= 15 is 0 Å². The van der Waals surface area contributed by atoms with Gasteiger partial charge in [0.1, 0.15) is 0 Å². The molecule has 0 atom stereocenters. The van der Waals surface area contributed by atoms with Crippen LogP contribution >= 0.6 is 39.3 Å². The smallest absolute Gasteiger partial charge is 0.335 e. The molecule has 0 aromatic heterocycles. The van der Waals surface area contributed by atoms with E-state index in [4.69, 9.17) is 21.5 Å². The predicted octanol–water partition coefficient (Wildman–Crippen LogP) is 6.23. The fraction of sp³-hybridized carbons (Fsp3) is 0.200. The number of hydrogen-bond acceptors (Lipinski definition) is 5. The number of halogens is 2. The number of primary amides is 1. The highest BCUT2D eigenvalue weighted by molar-refractivity contribution is 9.09. The molecule has 182 valence electrons. The second-order valence-corrected chi connectivity index (χ2v) is 9.45. The van der Waals surface area contributed by atoms with E-state index in [-0.39, 0.29) is 12.0 Å². The van der Waals surface area contributed by atoms with Gasteiger partial charge in [0.05, 0.1) is 16.7 Å². The van der Waals surface area contributed by atoms with Crippen molar-refractivity contribution in [2.75, 3.05) is 10.4 Å². The normalized spacial score (nSPS) is 13.0. The first kappa shape index (κ1) is 26.7. The molecule has 3 N–H and O–H groups in total. The molecule has 7 nitrogen and oxygen atoms in total. The number of alkyl halides is 1. The number of nitrogens with zero attached hydrogens (tertiary/aromatic N) is 3. The predicted molar refractivity (Wildman–Crippen MR) is 149 cm³/mol. The van der Waals surface area contributed by atoms with Crippen molar-refractivity contribution in [2.45, 2.75) is 24.5 Å². The van der Waals surface area contributed by atoms with Crippen LogP contribution in [0.4, 0.5) is 5.69 Å². The standard InChI is InChI=1S/C24H21BrClN3O2S.CH3NO/c1-27-28-24(32-13-17-9-8-16(23(30)31)12-21(17)26)29(14-25)22-11-10-18(15-6-7-15)19-4-2-3-5-20(19)22;2-1-3/h2-5,8-12,15H,1,6-7,13-14H2,(H,30,31);1H,(H2,2,3)/b28-24+;. The number of thioether (sulfide) groups is 1. The van der Waals surface area contributed by atoms with E-state index in [1.807, 2.05) is 0 Å². The Morgan fingerprint density at radius 3 is 2.49 bits per heavy atom. The second-order valence-electron chi connectivity index (χ2n) is 7.60. The number of carbonyl (C=O) groups is 2. The fourth-order valence-electron chi connectivity index (χ4n) is 3.67. The van der Waals surface area contributed by atoms with Crippen LogP contribution in [0.15, 0.2) is 64.8 Å². The highest BCUT2D eigenvalue weighted by atomic mass is 79.9. The molecule has 1 amide bonds. The Morgan fingerprint density at radius 2 is 1.91 bits per heavy atom. The van der Waals surface area contributed by atoms with E-state index in [0.29, 0.717) is 27.3 Å². The minimum Gasteiger partial charge on any atom is -0.478 e. The minimum absolute atomic E-state index is 0.162. The van der Waals surface area contributed by atoms with Crippen molar-refractivity contribution in [2.24, 2.45) is 15.9 Å². The lowest BCUT2D eigenvalue weighted by molar-refractivity contribution is -0.106. The number of amides is 1. The third-order valence-electron chi connectivity index (χ3n) is 5.41. The molecule has 0 spiro atoms. The zero-order chi connectivity index (χ0) is 25.4. The summed E-state index contributed by atoms with van der Waals surface area (Å²) in [7, 11) is 0. The van der Waals surface area contributed by atoms with Crippen molar-refractivity contribution in [3.63, 3.8) is 0 Å². The molecular weight excluding hydrogens is 552 g/mol. The van der Waals surface area contributed by atoms with E-state index in [1.54, 1.807) is 12.1 Å². The first-order chi connectivity index (χ1) is 16.9. The van der Waals surface area contributed by atoms with Gasteiger partial charge in [-0.3, -0.25) is 4.79 Å². The van der Waals surface area contributed by atoms with Crippen LogP contribution in [0.5, 0.6) is 0 Å². The average Bonchev–Trinajstić information content (AvgIpc) is 3.69. The summed E-state index contributed by atoms with van der Waals surface area (Å²) in [6, 6.07) is 17.6. The summed E-state index contributed by atoms with van der Waals surface area (Å²) >= 11 is 11.4. The molecule has 0 saturated heterocycles. The molecule has 1 aliphatic carbocycles. The summed E-state index contributed by atoms with van der Waals surface area (Å²) in [6.07, 6.45) is 2.74. The largest absolute Gasteiger partial charge is 0.478 e. The molecule has 3 aromatic rings. The van der Waals surface area contributed by atoms with Crippen molar-refractivity contribution >= 4 is 80.0 Å². The average molecular weight is 576 g/mol. The maximum atomic E-state index is 11.2. The summed E-state index contributed by atoms with van der Waals surface area (Å²) in [5.41, 5.74) is 8.10. The van der Waals surface area contributed by atoms with Crippen LogP contribution in [-0.2, 0) is 10.5 Å². The van der Waals surface area contributed by atoms with Gasteiger partial charge in [0.2, 0.25) is 6.41 Å². The lowest BCUT2D eigenvalue weighted by Crippen LogP contribution is -2.27. The molecule has 1 saturated carbocycles. The quantitative estimate of drug-likeness (QED) is 0.0866. The summed E-state index contributed by atoms with van der Waals surface area (Å²) in [4.78, 5) is 21.8. The van der Waals surface area contributed by atoms with Gasteiger partial charge in [0.15, 0.2) is 5.17 Å². The maximum absolute atomic E-state index is 11.2. The number of carboxylic acids is 1. The number of hydrogen-bond donors (Lipinski definition) is 2. The van der Waals surface area contributed by atoms with Gasteiger partial charge < -0.3 is 15.7 Å². The van der Waals surface area contributed by atoms with E-state index < -0.39 is 5.97 Å². The molecule has 1 fully saturated rings. The number of amidine groups is 1. The second kappa shape index (κ2) is 12.7. The van der Waals surface area contributed by atoms with Crippen LogP contribution < -0.4 is 10.6 Å². The third-order valence-corrected chi connectivity index (χ3v) is 7.28. The molecule has 0 heterocycles. The number of nitrogens with two attached hydrogens (primary N) is 1. The van der Waals surface area contributed by atoms with Crippen LogP contribution in [0.1, 0.15) is 40.2 Å². The molecule has 10 heteroatoms. The van der Waals surface area contributed by atoms with Crippen molar-refractivity contribution in [3.05, 3.63) is 76.3 Å². The Hall–Kier alpha value is -2.88. The van der Waals surface area contributed by atoms with Gasteiger partial charge in [-0.15, -0.1) is 5.10 Å². The molecule has 3 aromatic carbocycles. The van der Waals surface area contributed by atoms with Gasteiger partial charge in [0.25, 0.3) is 0 Å². The first-order valence-corrected chi connectivity index (χ1v) is 13.1. The van der Waals surface area contributed by atoms with Crippen LogP contribution in [-0.4, -0.2) is 34.8 Å². The van der Waals surface area contributed by atoms with Crippen molar-refractivity contribution in [1.29, 1.82) is 0 Å².